The van der Waals surface area contributed by atoms with E-state index in [-0.39, 0.29) is 0 Å². The van der Waals surface area contributed by atoms with E-state index < -0.39 is 5.78 Å². The molecule has 12 heavy (non-hydrogen) atoms. The van der Waals surface area contributed by atoms with Crippen molar-refractivity contribution in [2.24, 2.45) is 0 Å². The van der Waals surface area contributed by atoms with Gasteiger partial charge in [0.15, 0.2) is 6.29 Å². The van der Waals surface area contributed by atoms with E-state index >= 15 is 0 Å². The molecular weight excluding hydrogens is 220 g/mol. The summed E-state index contributed by atoms with van der Waals surface area (Å²) >= 11 is 3.30. The zero-order valence-corrected chi connectivity index (χ0v) is 8.09. The van der Waals surface area contributed by atoms with Crippen LogP contribution in [0.15, 0.2) is 22.7 Å². The van der Waals surface area contributed by atoms with Gasteiger partial charge in [-0.1, -0.05) is 15.9 Å². The predicted octanol–water partition coefficient (Wildman–Crippen LogP) is 2.14. The number of halogens is 1. The van der Waals surface area contributed by atoms with Crippen molar-refractivity contribution in [1.29, 1.82) is 0 Å². The second kappa shape index (κ2) is 3.63. The third kappa shape index (κ3) is 1.80. The van der Waals surface area contributed by atoms with Gasteiger partial charge in [-0.3, -0.25) is 9.59 Å². The molecule has 62 valence electrons. The molecule has 0 radical (unpaired) electrons. The van der Waals surface area contributed by atoms with E-state index in [0.29, 0.717) is 11.8 Å². The molecule has 0 aliphatic carbocycles. The highest BCUT2D eigenvalue weighted by Crippen LogP contribution is 2.16. The first kappa shape index (κ1) is 9.13. The molecule has 0 bridgehead atoms. The van der Waals surface area contributed by atoms with Gasteiger partial charge in [0.25, 0.3) is 0 Å². The molecule has 0 amide bonds. The minimum Gasteiger partial charge on any atom is -0.294 e. The van der Waals surface area contributed by atoms with Crippen LogP contribution in [0.5, 0.6) is 0 Å². The molecule has 3 heteroatoms. The second-order valence-corrected chi connectivity index (χ2v) is 3.30. The fourth-order valence-electron chi connectivity index (χ4n) is 0.866. The Morgan fingerprint density at radius 3 is 2.67 bits per heavy atom. The quantitative estimate of drug-likeness (QED) is 0.440. The lowest BCUT2D eigenvalue weighted by Gasteiger charge is -1.98. The van der Waals surface area contributed by atoms with Crippen LogP contribution in [0, 0.1) is 6.92 Å². The van der Waals surface area contributed by atoms with Gasteiger partial charge in [-0.2, -0.15) is 0 Å². The molecule has 0 spiro atoms. The fraction of sp³-hybridized carbons (Fsp3) is 0.111. The first-order valence-corrected chi connectivity index (χ1v) is 4.20. The van der Waals surface area contributed by atoms with Crippen LogP contribution in [0.4, 0.5) is 0 Å². The Morgan fingerprint density at radius 1 is 1.50 bits per heavy atom. The monoisotopic (exact) mass is 226 g/mol. The van der Waals surface area contributed by atoms with Crippen molar-refractivity contribution in [2.45, 2.75) is 6.92 Å². The Hall–Kier alpha value is -0.960. The molecule has 0 fully saturated rings. The van der Waals surface area contributed by atoms with Gasteiger partial charge < -0.3 is 0 Å². The molecule has 0 aromatic heterocycles. The number of carbonyl (C=O) groups excluding carboxylic acids is 2. The average molecular weight is 227 g/mol. The number of carbonyl (C=O) groups is 2. The Balaban J connectivity index is 3.13. The fourth-order valence-corrected chi connectivity index (χ4v) is 1.11. The highest BCUT2D eigenvalue weighted by atomic mass is 79.9. The minimum atomic E-state index is -0.481. The van der Waals surface area contributed by atoms with Gasteiger partial charge >= 0.3 is 0 Å². The SMILES string of the molecule is Cc1cc(C(=O)C=O)ccc1Br. The summed E-state index contributed by atoms with van der Waals surface area (Å²) < 4.78 is 0.935. The molecular formula is C9H7BrO2. The van der Waals surface area contributed by atoms with Crippen LogP contribution in [0.2, 0.25) is 0 Å². The topological polar surface area (TPSA) is 34.1 Å². The van der Waals surface area contributed by atoms with E-state index in [1.54, 1.807) is 18.2 Å². The first-order valence-electron chi connectivity index (χ1n) is 3.41. The number of rotatable bonds is 2. The first-order chi connectivity index (χ1) is 5.65. The zero-order valence-electron chi connectivity index (χ0n) is 6.50. The van der Waals surface area contributed by atoms with Crippen LogP contribution < -0.4 is 0 Å². The van der Waals surface area contributed by atoms with Gasteiger partial charge in [0.2, 0.25) is 5.78 Å². The molecule has 2 nitrogen and oxygen atoms in total. The normalized spacial score (nSPS) is 9.50. The molecule has 1 aromatic rings. The number of benzene rings is 1. The number of ketones is 1. The van der Waals surface area contributed by atoms with E-state index in [0.717, 1.165) is 10.0 Å². The number of hydrogen-bond acceptors (Lipinski definition) is 2. The molecule has 1 rings (SSSR count). The van der Waals surface area contributed by atoms with Gasteiger partial charge in [0, 0.05) is 10.0 Å². The van der Waals surface area contributed by atoms with Crippen LogP contribution in [0.3, 0.4) is 0 Å². The summed E-state index contributed by atoms with van der Waals surface area (Å²) in [5, 5.41) is 0. The summed E-state index contributed by atoms with van der Waals surface area (Å²) in [5.74, 6) is -0.481. The summed E-state index contributed by atoms with van der Waals surface area (Å²) in [5.41, 5.74) is 1.38. The van der Waals surface area contributed by atoms with Crippen molar-refractivity contribution in [3.8, 4) is 0 Å². The number of Topliss-reactive ketones (excluding diaryl/α,β-unsaturated/α-hetero) is 1. The Morgan fingerprint density at radius 2 is 2.17 bits per heavy atom. The Labute approximate surface area is 78.7 Å². The summed E-state index contributed by atoms with van der Waals surface area (Å²) in [6.07, 6.45) is 0.322. The highest BCUT2D eigenvalue weighted by Gasteiger charge is 2.04. The van der Waals surface area contributed by atoms with Crippen LogP contribution in [0.1, 0.15) is 15.9 Å². The third-order valence-corrected chi connectivity index (χ3v) is 2.44. The van der Waals surface area contributed by atoms with Crippen molar-refractivity contribution in [3.63, 3.8) is 0 Å². The van der Waals surface area contributed by atoms with Crippen molar-refractivity contribution in [2.75, 3.05) is 0 Å². The lowest BCUT2D eigenvalue weighted by molar-refractivity contribution is -0.104. The molecule has 0 N–H and O–H groups in total. The standard InChI is InChI=1S/C9H7BrO2/c1-6-4-7(9(12)5-11)2-3-8(6)10/h2-5H,1H3. The summed E-state index contributed by atoms with van der Waals surface area (Å²) in [6.45, 7) is 1.87. The number of aryl methyl sites for hydroxylation is 1. The largest absolute Gasteiger partial charge is 0.294 e. The van der Waals surface area contributed by atoms with E-state index in [2.05, 4.69) is 15.9 Å². The van der Waals surface area contributed by atoms with Crippen molar-refractivity contribution < 1.29 is 9.59 Å². The maximum atomic E-state index is 10.9. The van der Waals surface area contributed by atoms with Crippen LogP contribution >= 0.6 is 15.9 Å². The number of aldehydes is 1. The van der Waals surface area contributed by atoms with Crippen molar-refractivity contribution in [1.82, 2.24) is 0 Å². The van der Waals surface area contributed by atoms with Crippen LogP contribution in [-0.4, -0.2) is 12.1 Å². The van der Waals surface area contributed by atoms with Crippen LogP contribution in [0.25, 0.3) is 0 Å². The average Bonchev–Trinajstić information content (AvgIpc) is 2.08. The third-order valence-electron chi connectivity index (χ3n) is 1.55. The lowest BCUT2D eigenvalue weighted by Crippen LogP contribution is -1.99. The smallest absolute Gasteiger partial charge is 0.225 e. The maximum Gasteiger partial charge on any atom is 0.225 e. The number of hydrogen-bond donors (Lipinski definition) is 0. The van der Waals surface area contributed by atoms with Crippen molar-refractivity contribution in [3.05, 3.63) is 33.8 Å². The lowest BCUT2D eigenvalue weighted by atomic mass is 10.1. The van der Waals surface area contributed by atoms with E-state index in [1.807, 2.05) is 6.92 Å². The van der Waals surface area contributed by atoms with E-state index in [4.69, 9.17) is 0 Å². The van der Waals surface area contributed by atoms with E-state index in [9.17, 15) is 9.59 Å². The molecule has 0 saturated heterocycles. The highest BCUT2D eigenvalue weighted by molar-refractivity contribution is 9.10. The van der Waals surface area contributed by atoms with Crippen molar-refractivity contribution >= 4 is 28.0 Å². The minimum absolute atomic E-state index is 0.322. The van der Waals surface area contributed by atoms with Crippen LogP contribution in [-0.2, 0) is 4.79 Å². The summed E-state index contributed by atoms with van der Waals surface area (Å²) in [4.78, 5) is 21.0. The van der Waals surface area contributed by atoms with Gasteiger partial charge in [-0.25, -0.2) is 0 Å². The van der Waals surface area contributed by atoms with E-state index in [1.165, 1.54) is 0 Å². The summed E-state index contributed by atoms with van der Waals surface area (Å²) in [7, 11) is 0. The molecule has 1 aromatic carbocycles. The maximum absolute atomic E-state index is 10.9. The molecule has 0 unspecified atom stereocenters. The molecule has 0 aliphatic heterocycles. The van der Waals surface area contributed by atoms with Gasteiger partial charge in [-0.05, 0) is 30.7 Å². The predicted molar refractivity (Wildman–Crippen MR) is 49.3 cm³/mol. The summed E-state index contributed by atoms with van der Waals surface area (Å²) in [6, 6.07) is 5.06. The Kier molecular flexibility index (Phi) is 2.76. The molecule has 0 heterocycles. The molecule has 0 aliphatic rings. The molecule has 0 atom stereocenters. The zero-order chi connectivity index (χ0) is 9.14. The Bertz CT molecular complexity index is 331. The second-order valence-electron chi connectivity index (χ2n) is 2.45. The van der Waals surface area contributed by atoms with Gasteiger partial charge in [-0.15, -0.1) is 0 Å². The molecule has 0 saturated carbocycles. The van der Waals surface area contributed by atoms with Gasteiger partial charge in [0.05, 0.1) is 0 Å². The van der Waals surface area contributed by atoms with Gasteiger partial charge in [0.1, 0.15) is 0 Å².